The van der Waals surface area contributed by atoms with Gasteiger partial charge in [-0.25, -0.2) is 0 Å². The number of aromatic nitrogens is 2. The van der Waals surface area contributed by atoms with Crippen LogP contribution in [0.5, 0.6) is 0 Å². The van der Waals surface area contributed by atoms with Gasteiger partial charge in [-0.2, -0.15) is 8.42 Å². The fraction of sp³-hybridized carbons (Fsp3) is 0.0435. The van der Waals surface area contributed by atoms with E-state index in [1.165, 1.54) is 6.07 Å². The quantitative estimate of drug-likeness (QED) is 0.305. The highest BCUT2D eigenvalue weighted by Crippen LogP contribution is 2.26. The van der Waals surface area contributed by atoms with Crippen LogP contribution >= 0.6 is 11.3 Å². The highest BCUT2D eigenvalue weighted by molar-refractivity contribution is 7.94. The Hall–Kier alpha value is -3.89. The average molecular weight is 479 g/mol. The largest absolute Gasteiger partial charge is 0.296 e. The number of rotatable bonds is 7. The van der Waals surface area contributed by atoms with E-state index in [-0.39, 0.29) is 26.5 Å². The van der Waals surface area contributed by atoms with E-state index in [1.807, 2.05) is 13.0 Å². The Morgan fingerprint density at radius 3 is 2.30 bits per heavy atom. The molecule has 8 nitrogen and oxygen atoms in total. The van der Waals surface area contributed by atoms with E-state index in [1.54, 1.807) is 66.7 Å². The summed E-state index contributed by atoms with van der Waals surface area (Å²) in [5, 5.41) is 10.1. The zero-order valence-corrected chi connectivity index (χ0v) is 19.0. The fourth-order valence-corrected chi connectivity index (χ4v) is 5.00. The lowest BCUT2D eigenvalue weighted by molar-refractivity contribution is 0.102. The molecule has 166 valence electrons. The lowest BCUT2D eigenvalue weighted by Crippen LogP contribution is -2.15. The van der Waals surface area contributed by atoms with Gasteiger partial charge in [0.05, 0.1) is 5.69 Å². The topological polar surface area (TPSA) is 118 Å². The van der Waals surface area contributed by atoms with Crippen molar-refractivity contribution in [3.8, 4) is 0 Å². The van der Waals surface area contributed by atoms with Crippen molar-refractivity contribution in [1.82, 2.24) is 10.2 Å². The van der Waals surface area contributed by atoms with E-state index < -0.39 is 15.9 Å². The van der Waals surface area contributed by atoms with Crippen LogP contribution in [0.15, 0.2) is 83.2 Å². The SMILES string of the molecule is Cc1cccc(C(=O)Nc2nnc(S(=O)(=O)Nc3ccccc3C(=O)c3ccccc3)s2)c1. The van der Waals surface area contributed by atoms with E-state index >= 15 is 0 Å². The van der Waals surface area contributed by atoms with Crippen LogP contribution in [0.3, 0.4) is 0 Å². The highest BCUT2D eigenvalue weighted by Gasteiger charge is 2.24. The first-order valence-corrected chi connectivity index (χ1v) is 12.1. The summed E-state index contributed by atoms with van der Waals surface area (Å²) in [6, 6.07) is 21.8. The maximum atomic E-state index is 12.9. The predicted molar refractivity (Wildman–Crippen MR) is 126 cm³/mol. The number of ketones is 1. The Bertz CT molecular complexity index is 1430. The third-order valence-electron chi connectivity index (χ3n) is 4.59. The van der Waals surface area contributed by atoms with Crippen molar-refractivity contribution >= 4 is 43.9 Å². The molecule has 0 unspecified atom stereocenters. The zero-order chi connectivity index (χ0) is 23.4. The Labute approximate surface area is 194 Å². The Kier molecular flexibility index (Phi) is 6.29. The maximum absolute atomic E-state index is 12.9. The number of hydrogen-bond acceptors (Lipinski definition) is 7. The van der Waals surface area contributed by atoms with Crippen molar-refractivity contribution in [3.05, 3.63) is 101 Å². The molecule has 10 heteroatoms. The van der Waals surface area contributed by atoms with Crippen molar-refractivity contribution in [2.45, 2.75) is 11.3 Å². The molecule has 0 spiro atoms. The van der Waals surface area contributed by atoms with E-state index in [2.05, 4.69) is 20.2 Å². The van der Waals surface area contributed by atoms with Crippen molar-refractivity contribution in [2.24, 2.45) is 0 Å². The van der Waals surface area contributed by atoms with Gasteiger partial charge in [0.15, 0.2) is 5.78 Å². The average Bonchev–Trinajstić information content (AvgIpc) is 3.29. The van der Waals surface area contributed by atoms with Gasteiger partial charge in [0.2, 0.25) is 5.13 Å². The molecule has 1 aromatic heterocycles. The number of para-hydroxylation sites is 1. The van der Waals surface area contributed by atoms with E-state index in [0.717, 1.165) is 5.56 Å². The van der Waals surface area contributed by atoms with Crippen LogP contribution in [0.4, 0.5) is 10.8 Å². The minimum absolute atomic E-state index is 0.0375. The van der Waals surface area contributed by atoms with Crippen LogP contribution in [-0.2, 0) is 10.0 Å². The summed E-state index contributed by atoms with van der Waals surface area (Å²) in [4.78, 5) is 25.3. The van der Waals surface area contributed by atoms with Crippen LogP contribution in [0, 0.1) is 6.92 Å². The molecular weight excluding hydrogens is 460 g/mol. The summed E-state index contributed by atoms with van der Waals surface area (Å²) in [5.41, 5.74) is 2.08. The standard InChI is InChI=1S/C23H18N4O4S2/c1-15-8-7-11-17(14-15)21(29)24-22-25-26-23(32-22)33(30,31)27-19-13-6-5-12-18(19)20(28)16-9-3-2-4-10-16/h2-14,27H,1H3,(H,24,25,29). The van der Waals surface area contributed by atoms with Crippen LogP contribution < -0.4 is 10.0 Å². The summed E-state index contributed by atoms with van der Waals surface area (Å²) in [6.07, 6.45) is 0. The molecule has 0 aliphatic rings. The number of hydrogen-bond donors (Lipinski definition) is 2. The second-order valence-electron chi connectivity index (χ2n) is 7.04. The second-order valence-corrected chi connectivity index (χ2v) is 9.88. The molecule has 33 heavy (non-hydrogen) atoms. The highest BCUT2D eigenvalue weighted by atomic mass is 32.2. The molecule has 4 aromatic rings. The Morgan fingerprint density at radius 1 is 0.848 bits per heavy atom. The molecule has 2 N–H and O–H groups in total. The van der Waals surface area contributed by atoms with Crippen LogP contribution in [-0.4, -0.2) is 30.3 Å². The third-order valence-corrected chi connectivity index (χ3v) is 7.16. The minimum Gasteiger partial charge on any atom is -0.296 e. The first kappa shape index (κ1) is 22.3. The summed E-state index contributed by atoms with van der Waals surface area (Å²) in [5.74, 6) is -0.747. The molecule has 0 fully saturated rings. The van der Waals surface area contributed by atoms with Gasteiger partial charge in [-0.15, -0.1) is 10.2 Å². The van der Waals surface area contributed by atoms with E-state index in [9.17, 15) is 18.0 Å². The smallest absolute Gasteiger partial charge is 0.291 e. The number of sulfonamides is 1. The molecule has 1 amide bonds. The Balaban J connectivity index is 1.54. The molecule has 0 aliphatic heterocycles. The molecule has 0 atom stereocenters. The van der Waals surface area contributed by atoms with Crippen LogP contribution in [0.25, 0.3) is 0 Å². The van der Waals surface area contributed by atoms with Gasteiger partial charge in [0, 0.05) is 16.7 Å². The van der Waals surface area contributed by atoms with Crippen molar-refractivity contribution in [2.75, 3.05) is 10.0 Å². The van der Waals surface area contributed by atoms with E-state index in [4.69, 9.17) is 0 Å². The Morgan fingerprint density at radius 2 is 1.55 bits per heavy atom. The summed E-state index contributed by atoms with van der Waals surface area (Å²) in [7, 11) is -4.15. The first-order valence-electron chi connectivity index (χ1n) is 9.76. The molecule has 0 saturated carbocycles. The lowest BCUT2D eigenvalue weighted by Gasteiger charge is -2.10. The summed E-state index contributed by atoms with van der Waals surface area (Å²) < 4.78 is 27.9. The molecule has 0 saturated heterocycles. The van der Waals surface area contributed by atoms with Gasteiger partial charge in [0.25, 0.3) is 20.3 Å². The van der Waals surface area contributed by atoms with Gasteiger partial charge >= 0.3 is 0 Å². The minimum atomic E-state index is -4.15. The number of anilines is 2. The number of amides is 1. The maximum Gasteiger partial charge on any atom is 0.291 e. The number of carbonyl (C=O) groups excluding carboxylic acids is 2. The number of aryl methyl sites for hydroxylation is 1. The fourth-order valence-electron chi connectivity index (χ4n) is 3.03. The zero-order valence-electron chi connectivity index (χ0n) is 17.3. The number of nitrogens with zero attached hydrogens (tertiary/aromatic N) is 2. The monoisotopic (exact) mass is 478 g/mol. The molecule has 0 bridgehead atoms. The first-order chi connectivity index (χ1) is 15.8. The van der Waals surface area contributed by atoms with E-state index in [0.29, 0.717) is 22.5 Å². The van der Waals surface area contributed by atoms with Crippen LogP contribution in [0.1, 0.15) is 31.8 Å². The van der Waals surface area contributed by atoms with Gasteiger partial charge in [0.1, 0.15) is 0 Å². The van der Waals surface area contributed by atoms with Crippen molar-refractivity contribution in [1.29, 1.82) is 0 Å². The second kappa shape index (κ2) is 9.31. The van der Waals surface area contributed by atoms with Gasteiger partial charge < -0.3 is 0 Å². The summed E-state index contributed by atoms with van der Waals surface area (Å²) >= 11 is 0.707. The van der Waals surface area contributed by atoms with Crippen LogP contribution in [0.2, 0.25) is 0 Å². The molecule has 3 aromatic carbocycles. The predicted octanol–water partition coefficient (Wildman–Crippen LogP) is 4.13. The van der Waals surface area contributed by atoms with Gasteiger partial charge in [-0.05, 0) is 31.2 Å². The molecule has 0 radical (unpaired) electrons. The number of carbonyl (C=O) groups is 2. The van der Waals surface area contributed by atoms with Crippen molar-refractivity contribution in [3.63, 3.8) is 0 Å². The lowest BCUT2D eigenvalue weighted by atomic mass is 10.0. The summed E-state index contributed by atoms with van der Waals surface area (Å²) in [6.45, 7) is 1.86. The number of benzene rings is 3. The van der Waals surface area contributed by atoms with Gasteiger partial charge in [-0.3, -0.25) is 19.6 Å². The molecule has 4 rings (SSSR count). The van der Waals surface area contributed by atoms with Crippen molar-refractivity contribution < 1.29 is 18.0 Å². The molecular formula is C23H18N4O4S2. The third kappa shape index (κ3) is 5.13. The molecule has 0 aliphatic carbocycles. The normalized spacial score (nSPS) is 11.1. The molecule has 1 heterocycles. The van der Waals surface area contributed by atoms with Gasteiger partial charge in [-0.1, -0.05) is 71.5 Å². The number of nitrogens with one attached hydrogen (secondary N) is 2.